The number of amides is 1. The molecule has 4 heterocycles. The van der Waals surface area contributed by atoms with Gasteiger partial charge in [-0.25, -0.2) is 19.6 Å². The monoisotopic (exact) mass is 542 g/mol. The summed E-state index contributed by atoms with van der Waals surface area (Å²) in [5.41, 5.74) is 7.41. The Morgan fingerprint density at radius 3 is 2.44 bits per heavy atom. The largest absolute Gasteiger partial charge is 0.416 e. The maximum absolute atomic E-state index is 12.9. The lowest BCUT2D eigenvalue weighted by Crippen LogP contribution is -2.15. The zero-order valence-corrected chi connectivity index (χ0v) is 22.4. The Labute approximate surface area is 225 Å². The number of rotatable bonds is 4. The molecule has 4 N–H and O–H groups in total. The highest BCUT2D eigenvalue weighted by Gasteiger charge is 2.31. The van der Waals surface area contributed by atoms with Crippen molar-refractivity contribution in [3.63, 3.8) is 0 Å². The molecule has 0 spiro atoms. The van der Waals surface area contributed by atoms with Crippen molar-refractivity contribution >= 4 is 28.6 Å². The van der Waals surface area contributed by atoms with E-state index in [1.54, 1.807) is 24.3 Å². The molecule has 1 amide bonds. The van der Waals surface area contributed by atoms with E-state index in [0.717, 1.165) is 37.8 Å². The maximum atomic E-state index is 12.9. The lowest BCUT2D eigenvalue weighted by Gasteiger charge is -2.09. The van der Waals surface area contributed by atoms with Crippen molar-refractivity contribution in [2.75, 3.05) is 24.1 Å². The Hall–Kier alpha value is -4.06. The van der Waals surface area contributed by atoms with Crippen molar-refractivity contribution in [2.45, 2.75) is 52.8 Å². The lowest BCUT2D eigenvalue weighted by atomic mass is 10.1. The molecule has 1 aliphatic rings. The number of fused-ring (bicyclic) bond motifs is 1. The van der Waals surface area contributed by atoms with E-state index < -0.39 is 17.6 Å². The van der Waals surface area contributed by atoms with Crippen LogP contribution in [0.2, 0.25) is 0 Å². The summed E-state index contributed by atoms with van der Waals surface area (Å²) in [4.78, 5) is 24.8. The normalized spacial score (nSPS) is 14.7. The van der Waals surface area contributed by atoms with Gasteiger partial charge in [-0.2, -0.15) is 18.3 Å². The Morgan fingerprint density at radius 1 is 1.13 bits per heavy atom. The molecule has 1 unspecified atom stereocenters. The number of pyridine rings is 1. The third-order valence-electron chi connectivity index (χ3n) is 5.65. The van der Waals surface area contributed by atoms with E-state index in [4.69, 9.17) is 10.8 Å². The van der Waals surface area contributed by atoms with Gasteiger partial charge in [-0.1, -0.05) is 46.2 Å². The Kier molecular flexibility index (Phi) is 9.94. The van der Waals surface area contributed by atoms with Crippen molar-refractivity contribution in [1.82, 2.24) is 30.0 Å². The molecule has 12 heteroatoms. The minimum Gasteiger partial charge on any atom is -0.383 e. The van der Waals surface area contributed by atoms with Gasteiger partial charge in [0.15, 0.2) is 5.65 Å². The second kappa shape index (κ2) is 13.1. The number of alkyl halides is 3. The van der Waals surface area contributed by atoms with Crippen molar-refractivity contribution in [1.29, 1.82) is 0 Å². The zero-order chi connectivity index (χ0) is 28.6. The number of halogens is 3. The molecule has 1 fully saturated rings. The minimum absolute atomic E-state index is 0.135. The zero-order valence-electron chi connectivity index (χ0n) is 22.4. The summed E-state index contributed by atoms with van der Waals surface area (Å²) in [5.74, 6) is -0.480. The first kappa shape index (κ1) is 29.5. The van der Waals surface area contributed by atoms with Crippen LogP contribution in [0.4, 0.5) is 24.8 Å². The molecule has 0 aliphatic carbocycles. The van der Waals surface area contributed by atoms with E-state index in [-0.39, 0.29) is 17.4 Å². The van der Waals surface area contributed by atoms with Crippen molar-refractivity contribution in [2.24, 2.45) is 0 Å². The fourth-order valence-electron chi connectivity index (χ4n) is 3.94. The number of nitrogens with one attached hydrogen (secondary N) is 2. The molecule has 0 saturated carbocycles. The number of hydrogen-bond donors (Lipinski definition) is 3. The van der Waals surface area contributed by atoms with Gasteiger partial charge in [0.2, 0.25) is 0 Å². The van der Waals surface area contributed by atoms with Crippen molar-refractivity contribution in [3.8, 4) is 11.3 Å². The molecule has 1 aromatic carbocycles. The molecule has 3 aromatic heterocycles. The van der Waals surface area contributed by atoms with Crippen LogP contribution in [0.1, 0.15) is 62.5 Å². The lowest BCUT2D eigenvalue weighted by molar-refractivity contribution is -0.137. The van der Waals surface area contributed by atoms with Gasteiger partial charge >= 0.3 is 6.18 Å². The molecule has 4 aromatic rings. The molecule has 1 saturated heterocycles. The SMILES string of the molecule is CC.CCC.Nc1ncnc2c1c(-c1ccc(C(=O)Nc3cc(C(F)(F)F)ccn3)cc1)nn2C1CCNC1. The summed E-state index contributed by atoms with van der Waals surface area (Å²) >= 11 is 0. The van der Waals surface area contributed by atoms with Crippen LogP contribution in [0.5, 0.6) is 0 Å². The summed E-state index contributed by atoms with van der Waals surface area (Å²) in [6.45, 7) is 9.90. The number of carbonyl (C=O) groups excluding carboxylic acids is 1. The number of anilines is 2. The second-order valence-electron chi connectivity index (χ2n) is 8.56. The van der Waals surface area contributed by atoms with Gasteiger partial charge in [-0.3, -0.25) is 4.79 Å². The van der Waals surface area contributed by atoms with Gasteiger partial charge in [-0.15, -0.1) is 0 Å². The first-order valence-corrected chi connectivity index (χ1v) is 12.9. The van der Waals surface area contributed by atoms with Gasteiger partial charge in [-0.05, 0) is 37.2 Å². The quantitative estimate of drug-likeness (QED) is 0.301. The highest BCUT2D eigenvalue weighted by Crippen LogP contribution is 2.33. The number of carbonyl (C=O) groups is 1. The fourth-order valence-corrected chi connectivity index (χ4v) is 3.94. The molecule has 5 rings (SSSR count). The first-order valence-electron chi connectivity index (χ1n) is 12.9. The Morgan fingerprint density at radius 2 is 1.82 bits per heavy atom. The van der Waals surface area contributed by atoms with Crippen LogP contribution in [-0.2, 0) is 6.18 Å². The van der Waals surface area contributed by atoms with Crippen LogP contribution in [-0.4, -0.2) is 43.7 Å². The van der Waals surface area contributed by atoms with E-state index >= 15 is 0 Å². The van der Waals surface area contributed by atoms with Gasteiger partial charge in [0.05, 0.1) is 17.0 Å². The number of hydrogen-bond acceptors (Lipinski definition) is 7. The van der Waals surface area contributed by atoms with Gasteiger partial charge < -0.3 is 16.4 Å². The third-order valence-corrected chi connectivity index (χ3v) is 5.65. The number of benzene rings is 1. The first-order chi connectivity index (χ1) is 18.7. The van der Waals surface area contributed by atoms with Crippen LogP contribution in [0.15, 0.2) is 48.9 Å². The molecule has 208 valence electrons. The van der Waals surface area contributed by atoms with E-state index in [1.165, 1.54) is 12.7 Å². The van der Waals surface area contributed by atoms with Crippen molar-refractivity contribution < 1.29 is 18.0 Å². The molecular weight excluding hydrogens is 509 g/mol. The Bertz CT molecular complexity index is 1380. The molecular formula is C27H33F3N8O. The second-order valence-corrected chi connectivity index (χ2v) is 8.56. The highest BCUT2D eigenvalue weighted by molar-refractivity contribution is 6.04. The summed E-state index contributed by atoms with van der Waals surface area (Å²) in [5, 5.41) is 11.1. The summed E-state index contributed by atoms with van der Waals surface area (Å²) in [7, 11) is 0. The van der Waals surface area contributed by atoms with Crippen LogP contribution < -0.4 is 16.4 Å². The van der Waals surface area contributed by atoms with E-state index in [1.807, 2.05) is 18.5 Å². The van der Waals surface area contributed by atoms with Gasteiger partial charge in [0, 0.05) is 23.9 Å². The molecule has 1 aliphatic heterocycles. The van der Waals surface area contributed by atoms with E-state index in [9.17, 15) is 18.0 Å². The fraction of sp³-hybridized carbons (Fsp3) is 0.370. The molecule has 39 heavy (non-hydrogen) atoms. The minimum atomic E-state index is -4.53. The van der Waals surface area contributed by atoms with Gasteiger partial charge in [0.1, 0.15) is 23.7 Å². The Balaban J connectivity index is 0.000000787. The summed E-state index contributed by atoms with van der Waals surface area (Å²) < 4.78 is 40.6. The third kappa shape index (κ3) is 6.88. The van der Waals surface area contributed by atoms with Crippen LogP contribution in [0.25, 0.3) is 22.3 Å². The van der Waals surface area contributed by atoms with Crippen LogP contribution >= 0.6 is 0 Å². The van der Waals surface area contributed by atoms with Crippen LogP contribution in [0.3, 0.4) is 0 Å². The maximum Gasteiger partial charge on any atom is 0.416 e. The van der Waals surface area contributed by atoms with Crippen LogP contribution in [0, 0.1) is 0 Å². The molecule has 9 nitrogen and oxygen atoms in total. The highest BCUT2D eigenvalue weighted by atomic mass is 19.4. The average molecular weight is 543 g/mol. The van der Waals surface area contributed by atoms with Gasteiger partial charge in [0.25, 0.3) is 5.91 Å². The van der Waals surface area contributed by atoms with Crippen molar-refractivity contribution in [3.05, 3.63) is 60.0 Å². The smallest absolute Gasteiger partial charge is 0.383 e. The molecule has 0 bridgehead atoms. The number of nitrogens with two attached hydrogens (primary N) is 1. The number of nitrogens with zero attached hydrogens (tertiary/aromatic N) is 5. The predicted octanol–water partition coefficient (Wildman–Crippen LogP) is 5.72. The van der Waals surface area contributed by atoms with E-state index in [2.05, 4.69) is 39.4 Å². The summed E-state index contributed by atoms with van der Waals surface area (Å²) in [6, 6.07) is 8.26. The predicted molar refractivity (Wildman–Crippen MR) is 146 cm³/mol. The molecule has 1 atom stereocenters. The average Bonchev–Trinajstić information content (AvgIpc) is 3.59. The number of aromatic nitrogens is 5. The standard InChI is InChI=1S/C22H19F3N8O.C3H8.C2H6/c23-22(24,25)14-5-8-28-16(9-14)31-21(34)13-3-1-12(2-4-13)18-17-19(26)29-11-30-20(17)33(32-18)15-6-7-27-10-15;1-3-2;1-2/h1-5,8-9,11,15,27H,6-7,10H2,(H2,26,29,30)(H,28,31,34);3H2,1-2H3;1-2H3. The topological polar surface area (TPSA) is 124 Å². The summed E-state index contributed by atoms with van der Waals surface area (Å²) in [6.07, 6.45) is 0.0196. The van der Waals surface area contributed by atoms with E-state index in [0.29, 0.717) is 28.1 Å². The number of nitrogen functional groups attached to an aromatic ring is 1. The molecule has 0 radical (unpaired) electrons.